The monoisotopic (exact) mass is 494 g/mol. The molecular weight excluding hydrogens is 460 g/mol. The maximum Gasteiger partial charge on any atom is 0.267 e. The van der Waals surface area contributed by atoms with Gasteiger partial charge in [0, 0.05) is 26.2 Å². The second-order valence-corrected chi connectivity index (χ2v) is 9.02. The number of anilines is 1. The molecule has 2 aromatic rings. The van der Waals surface area contributed by atoms with Crippen molar-refractivity contribution in [2.24, 2.45) is 5.92 Å². The number of hydroxylamine groups is 1. The molecule has 0 radical (unpaired) electrons. The first kappa shape index (κ1) is 26.8. The quantitative estimate of drug-likeness (QED) is 0.214. The molecule has 1 aromatic heterocycles. The number of carbonyl (C=O) groups is 3. The van der Waals surface area contributed by atoms with Crippen molar-refractivity contribution in [3.05, 3.63) is 60.1 Å². The van der Waals surface area contributed by atoms with Gasteiger partial charge in [0.05, 0.1) is 24.5 Å². The summed E-state index contributed by atoms with van der Waals surface area (Å²) in [6, 6.07) is 8.84. The van der Waals surface area contributed by atoms with Crippen LogP contribution < -0.4 is 16.1 Å². The summed E-state index contributed by atoms with van der Waals surface area (Å²) < 4.78 is 0. The predicted octanol–water partition coefficient (Wildman–Crippen LogP) is 2.52. The van der Waals surface area contributed by atoms with Crippen molar-refractivity contribution in [3.8, 4) is 0 Å². The molecule has 0 saturated heterocycles. The Morgan fingerprint density at radius 2 is 1.86 bits per heavy atom. The number of hydrogen-bond acceptors (Lipinski definition) is 7. The van der Waals surface area contributed by atoms with Crippen LogP contribution in [-0.4, -0.2) is 57.4 Å². The standard InChI is InChI=1S/C26H34N6O4/c1-32(18-20-10-6-3-7-11-20)25(34)14-22(26(35)29-15-19-8-4-2-5-9-19)30-23-17-27-21(16-28-23)12-13-24(33)31-36/h3,6-7,10-13,16-17,19,22,36H,2,4-5,8-9,14-15,18H2,1H3,(H,28,30)(H,29,35)(H,31,33)/t22-/m1/s1. The SMILES string of the molecule is CN(Cc1ccccc1)C(=O)C[C@@H](Nc1cnc(C=CC(=O)NO)cn1)C(=O)NCC1CCCCC1. The Bertz CT molecular complexity index is 1020. The first-order valence-electron chi connectivity index (χ1n) is 12.2. The summed E-state index contributed by atoms with van der Waals surface area (Å²) in [5, 5.41) is 14.6. The van der Waals surface area contributed by atoms with Crippen LogP contribution in [0.2, 0.25) is 0 Å². The fraction of sp³-hybridized carbons (Fsp3) is 0.423. The van der Waals surface area contributed by atoms with Gasteiger partial charge in [-0.05, 0) is 30.4 Å². The third-order valence-corrected chi connectivity index (χ3v) is 6.18. The lowest BCUT2D eigenvalue weighted by Crippen LogP contribution is -2.44. The van der Waals surface area contributed by atoms with E-state index in [4.69, 9.17) is 5.21 Å². The van der Waals surface area contributed by atoms with Crippen LogP contribution in [0.4, 0.5) is 5.82 Å². The lowest BCUT2D eigenvalue weighted by Gasteiger charge is -2.25. The highest BCUT2D eigenvalue weighted by molar-refractivity contribution is 5.91. The molecule has 1 aromatic carbocycles. The minimum atomic E-state index is -0.824. The average molecular weight is 495 g/mol. The molecule has 0 bridgehead atoms. The number of nitrogens with one attached hydrogen (secondary N) is 3. The molecule has 0 spiro atoms. The van der Waals surface area contributed by atoms with Gasteiger partial charge < -0.3 is 15.5 Å². The molecule has 1 heterocycles. The van der Waals surface area contributed by atoms with Crippen LogP contribution in [0.15, 0.2) is 48.8 Å². The first-order valence-corrected chi connectivity index (χ1v) is 12.2. The van der Waals surface area contributed by atoms with E-state index >= 15 is 0 Å². The third kappa shape index (κ3) is 8.77. The fourth-order valence-electron chi connectivity index (χ4n) is 4.12. The van der Waals surface area contributed by atoms with E-state index in [1.54, 1.807) is 11.9 Å². The van der Waals surface area contributed by atoms with Crippen LogP contribution in [0.25, 0.3) is 6.08 Å². The second-order valence-electron chi connectivity index (χ2n) is 9.02. The number of hydrogen-bond donors (Lipinski definition) is 4. The Balaban J connectivity index is 1.65. The number of aromatic nitrogens is 2. The average Bonchev–Trinajstić information content (AvgIpc) is 2.91. The summed E-state index contributed by atoms with van der Waals surface area (Å²) >= 11 is 0. The van der Waals surface area contributed by atoms with Gasteiger partial charge in [0.2, 0.25) is 11.8 Å². The molecule has 36 heavy (non-hydrogen) atoms. The van der Waals surface area contributed by atoms with Gasteiger partial charge in [0.15, 0.2) is 0 Å². The van der Waals surface area contributed by atoms with Crippen molar-refractivity contribution in [2.45, 2.75) is 51.1 Å². The summed E-state index contributed by atoms with van der Waals surface area (Å²) in [5.74, 6) is -0.331. The highest BCUT2D eigenvalue weighted by Gasteiger charge is 2.25. The van der Waals surface area contributed by atoms with Crippen LogP contribution in [-0.2, 0) is 20.9 Å². The maximum atomic E-state index is 13.1. The number of rotatable bonds is 11. The van der Waals surface area contributed by atoms with Crippen LogP contribution in [0, 0.1) is 5.92 Å². The largest absolute Gasteiger partial charge is 0.357 e. The van der Waals surface area contributed by atoms with Crippen molar-refractivity contribution in [2.75, 3.05) is 18.9 Å². The zero-order valence-electron chi connectivity index (χ0n) is 20.5. The maximum absolute atomic E-state index is 13.1. The first-order chi connectivity index (χ1) is 17.4. The van der Waals surface area contributed by atoms with E-state index in [0.717, 1.165) is 24.5 Å². The molecule has 192 valence electrons. The minimum absolute atomic E-state index is 0.0418. The number of carbonyl (C=O) groups excluding carboxylic acids is 3. The van der Waals surface area contributed by atoms with Crippen molar-refractivity contribution in [1.29, 1.82) is 0 Å². The Hall–Kier alpha value is -3.79. The predicted molar refractivity (Wildman–Crippen MR) is 136 cm³/mol. The van der Waals surface area contributed by atoms with E-state index in [1.165, 1.54) is 43.2 Å². The highest BCUT2D eigenvalue weighted by Crippen LogP contribution is 2.23. The Kier molecular flexibility index (Phi) is 10.4. The lowest BCUT2D eigenvalue weighted by atomic mass is 9.89. The summed E-state index contributed by atoms with van der Waals surface area (Å²) in [6.45, 7) is 1.03. The highest BCUT2D eigenvalue weighted by atomic mass is 16.5. The van der Waals surface area contributed by atoms with E-state index in [9.17, 15) is 14.4 Å². The molecule has 3 amide bonds. The zero-order valence-corrected chi connectivity index (χ0v) is 20.5. The van der Waals surface area contributed by atoms with E-state index in [1.807, 2.05) is 30.3 Å². The van der Waals surface area contributed by atoms with E-state index in [2.05, 4.69) is 20.6 Å². The molecule has 3 rings (SSSR count). The molecular formula is C26H34N6O4. The number of amides is 3. The van der Waals surface area contributed by atoms with Crippen LogP contribution in [0.3, 0.4) is 0 Å². The molecule has 0 aliphatic heterocycles. The second kappa shape index (κ2) is 13.9. The third-order valence-electron chi connectivity index (χ3n) is 6.18. The van der Waals surface area contributed by atoms with Crippen molar-refractivity contribution in [3.63, 3.8) is 0 Å². The normalized spacial score (nSPS) is 14.7. The number of benzene rings is 1. The van der Waals surface area contributed by atoms with Gasteiger partial charge in [-0.25, -0.2) is 10.5 Å². The number of nitrogens with zero attached hydrogens (tertiary/aromatic N) is 3. The molecule has 4 N–H and O–H groups in total. The summed E-state index contributed by atoms with van der Waals surface area (Å²) in [4.78, 5) is 47.3. The van der Waals surface area contributed by atoms with Gasteiger partial charge in [0.1, 0.15) is 11.9 Å². The van der Waals surface area contributed by atoms with Crippen LogP contribution in [0.5, 0.6) is 0 Å². The summed E-state index contributed by atoms with van der Waals surface area (Å²) in [6.07, 6.45) is 11.1. The van der Waals surface area contributed by atoms with E-state index < -0.39 is 11.9 Å². The zero-order chi connectivity index (χ0) is 25.8. The lowest BCUT2D eigenvalue weighted by molar-refractivity contribution is -0.133. The summed E-state index contributed by atoms with van der Waals surface area (Å²) in [7, 11) is 1.72. The smallest absolute Gasteiger partial charge is 0.267 e. The fourth-order valence-corrected chi connectivity index (χ4v) is 4.12. The van der Waals surface area contributed by atoms with E-state index in [-0.39, 0.29) is 18.2 Å². The molecule has 1 saturated carbocycles. The Morgan fingerprint density at radius 1 is 1.11 bits per heavy atom. The van der Waals surface area contributed by atoms with Crippen LogP contribution in [0.1, 0.15) is 49.8 Å². The van der Waals surface area contributed by atoms with Crippen LogP contribution >= 0.6 is 0 Å². The van der Waals surface area contributed by atoms with Crippen molar-refractivity contribution < 1.29 is 19.6 Å². The van der Waals surface area contributed by atoms with Gasteiger partial charge in [0.25, 0.3) is 5.91 Å². The molecule has 1 aliphatic rings. The minimum Gasteiger partial charge on any atom is -0.357 e. The molecule has 10 nitrogen and oxygen atoms in total. The van der Waals surface area contributed by atoms with Gasteiger partial charge >= 0.3 is 0 Å². The van der Waals surface area contributed by atoms with Crippen molar-refractivity contribution in [1.82, 2.24) is 25.7 Å². The molecule has 1 aliphatic carbocycles. The van der Waals surface area contributed by atoms with Gasteiger partial charge in [-0.15, -0.1) is 0 Å². The van der Waals surface area contributed by atoms with Crippen molar-refractivity contribution >= 4 is 29.6 Å². The topological polar surface area (TPSA) is 137 Å². The van der Waals surface area contributed by atoms with Gasteiger partial charge in [-0.1, -0.05) is 49.6 Å². The summed E-state index contributed by atoms with van der Waals surface area (Å²) in [5.41, 5.74) is 2.89. The Labute approximate surface area is 211 Å². The molecule has 0 unspecified atom stereocenters. The van der Waals surface area contributed by atoms with Gasteiger partial charge in [-0.3, -0.25) is 24.6 Å². The molecule has 10 heteroatoms. The Morgan fingerprint density at radius 3 is 2.53 bits per heavy atom. The van der Waals surface area contributed by atoms with Gasteiger partial charge in [-0.2, -0.15) is 0 Å². The molecule has 1 atom stereocenters. The van der Waals surface area contributed by atoms with E-state index in [0.29, 0.717) is 30.5 Å². The molecule has 1 fully saturated rings.